The van der Waals surface area contributed by atoms with Crippen molar-refractivity contribution in [2.45, 2.75) is 53.1 Å². The van der Waals surface area contributed by atoms with Crippen molar-refractivity contribution in [1.82, 2.24) is 0 Å². The third-order valence-corrected chi connectivity index (χ3v) is 8.45. The maximum atomic E-state index is 2.52. The first-order chi connectivity index (χ1) is 21.2. The van der Waals surface area contributed by atoms with Crippen molar-refractivity contribution in [1.29, 1.82) is 0 Å². The quantitative estimate of drug-likeness (QED) is 0.141. The van der Waals surface area contributed by atoms with E-state index in [-0.39, 0.29) is 5.92 Å². The van der Waals surface area contributed by atoms with E-state index in [2.05, 4.69) is 191 Å². The van der Waals surface area contributed by atoms with Crippen molar-refractivity contribution in [3.8, 4) is 0 Å². The van der Waals surface area contributed by atoms with Gasteiger partial charge in [0.1, 0.15) is 0 Å². The van der Waals surface area contributed by atoms with Crippen LogP contribution in [0, 0.1) is 41.5 Å². The van der Waals surface area contributed by atoms with E-state index in [1.165, 1.54) is 38.9 Å². The lowest BCUT2D eigenvalue weighted by molar-refractivity contribution is 0.625. The second kappa shape index (κ2) is 12.1. The minimum Gasteiger partial charge on any atom is -0.311 e. The molecule has 2 nitrogen and oxygen atoms in total. The van der Waals surface area contributed by atoms with Crippen LogP contribution in [0.25, 0.3) is 0 Å². The van der Waals surface area contributed by atoms with E-state index in [4.69, 9.17) is 0 Å². The fraction of sp³-hybridized carbons (Fsp3) is 0.190. The number of benzene rings is 5. The highest BCUT2D eigenvalue weighted by Gasteiger charge is 2.43. The van der Waals surface area contributed by atoms with E-state index in [9.17, 15) is 0 Å². The number of allylic oxidation sites excluding steroid dienone is 2. The summed E-state index contributed by atoms with van der Waals surface area (Å²) < 4.78 is 0. The second-order valence-corrected chi connectivity index (χ2v) is 12.5. The average molecular weight is 575 g/mol. The Morgan fingerprint density at radius 3 is 1.23 bits per heavy atom. The monoisotopic (exact) mass is 574 g/mol. The van der Waals surface area contributed by atoms with Crippen LogP contribution in [0.5, 0.6) is 0 Å². The van der Waals surface area contributed by atoms with Gasteiger partial charge in [0.25, 0.3) is 0 Å². The molecule has 0 unspecified atom stereocenters. The first kappa shape index (κ1) is 29.3. The molecule has 6 rings (SSSR count). The summed E-state index contributed by atoms with van der Waals surface area (Å²) in [6, 6.07) is 42.4. The zero-order valence-corrected chi connectivity index (χ0v) is 26.8. The van der Waals surface area contributed by atoms with Crippen molar-refractivity contribution in [3.63, 3.8) is 0 Å². The molecular formula is C42H42N2. The summed E-state index contributed by atoms with van der Waals surface area (Å²) in [6.07, 6.45) is 9.60. The molecule has 0 heterocycles. The maximum Gasteiger partial charge on any atom is 0.160 e. The molecule has 2 heteroatoms. The van der Waals surface area contributed by atoms with Gasteiger partial charge in [-0.25, -0.2) is 0 Å². The molecule has 5 aromatic rings. The van der Waals surface area contributed by atoms with Crippen molar-refractivity contribution in [2.24, 2.45) is 0 Å². The van der Waals surface area contributed by atoms with Gasteiger partial charge in [-0.1, -0.05) is 78.9 Å². The van der Waals surface area contributed by atoms with Gasteiger partial charge in [0.2, 0.25) is 0 Å². The summed E-state index contributed by atoms with van der Waals surface area (Å²) in [5.41, 5.74) is 12.6. The van der Waals surface area contributed by atoms with Gasteiger partial charge in [-0.3, -0.25) is 0 Å². The lowest BCUT2D eigenvalue weighted by Crippen LogP contribution is -2.56. The summed E-state index contributed by atoms with van der Waals surface area (Å²) in [5, 5.41) is 0. The predicted octanol–water partition coefficient (Wildman–Crippen LogP) is 11.1. The van der Waals surface area contributed by atoms with Gasteiger partial charge < -0.3 is 9.80 Å². The summed E-state index contributed by atoms with van der Waals surface area (Å²) in [7, 11) is 0. The van der Waals surface area contributed by atoms with Gasteiger partial charge in [0.15, 0.2) is 5.66 Å². The molecule has 0 atom stereocenters. The zero-order valence-electron chi connectivity index (χ0n) is 26.8. The Morgan fingerprint density at radius 2 is 0.818 bits per heavy atom. The topological polar surface area (TPSA) is 6.48 Å². The summed E-state index contributed by atoms with van der Waals surface area (Å²) in [4.78, 5) is 5.04. The molecule has 0 fully saturated rings. The third-order valence-electron chi connectivity index (χ3n) is 8.45. The molecule has 0 radical (unpaired) electrons. The molecule has 0 aliphatic heterocycles. The lowest BCUT2D eigenvalue weighted by Gasteiger charge is -2.51. The number of aryl methyl sites for hydroxylation is 6. The Hall–Kier alpha value is -4.82. The normalized spacial score (nSPS) is 14.0. The van der Waals surface area contributed by atoms with Crippen molar-refractivity contribution < 1.29 is 0 Å². The number of anilines is 4. The summed E-state index contributed by atoms with van der Waals surface area (Å²) in [5.74, 6) is 0.182. The highest BCUT2D eigenvalue weighted by atomic mass is 15.4. The van der Waals surface area contributed by atoms with Crippen LogP contribution in [-0.2, 0) is 0 Å². The van der Waals surface area contributed by atoms with Crippen molar-refractivity contribution in [2.75, 3.05) is 9.80 Å². The SMILES string of the molecule is Cc1cccc(N(c2cc(C)cc(C)c2)C2(N(c3cccc(C)c3)c3cc(C)cc(C)c3)C=CC(c3ccccc3)C=C2)c1. The highest BCUT2D eigenvalue weighted by molar-refractivity contribution is 5.79. The van der Waals surface area contributed by atoms with Crippen LogP contribution in [-0.4, -0.2) is 5.66 Å². The highest BCUT2D eigenvalue weighted by Crippen LogP contribution is 2.47. The smallest absolute Gasteiger partial charge is 0.160 e. The number of nitrogens with zero attached hydrogens (tertiary/aromatic N) is 2. The first-order valence-corrected chi connectivity index (χ1v) is 15.6. The third kappa shape index (κ3) is 5.85. The van der Waals surface area contributed by atoms with E-state index < -0.39 is 5.66 Å². The molecule has 0 bridgehead atoms. The van der Waals surface area contributed by atoms with Crippen LogP contribution in [0.2, 0.25) is 0 Å². The fourth-order valence-corrected chi connectivity index (χ4v) is 6.72. The van der Waals surface area contributed by atoms with Crippen molar-refractivity contribution in [3.05, 3.63) is 179 Å². The Bertz CT molecular complexity index is 1690. The van der Waals surface area contributed by atoms with Gasteiger partial charge in [-0.2, -0.15) is 0 Å². The van der Waals surface area contributed by atoms with Crippen LogP contribution < -0.4 is 9.80 Å². The molecule has 0 saturated heterocycles. The zero-order chi connectivity index (χ0) is 30.8. The lowest BCUT2D eigenvalue weighted by atomic mass is 9.87. The molecule has 0 aromatic heterocycles. The van der Waals surface area contributed by atoms with E-state index in [1.54, 1.807) is 0 Å². The molecule has 0 spiro atoms. The Morgan fingerprint density at radius 1 is 0.409 bits per heavy atom. The van der Waals surface area contributed by atoms with Gasteiger partial charge >= 0.3 is 0 Å². The first-order valence-electron chi connectivity index (χ1n) is 15.6. The van der Waals surface area contributed by atoms with E-state index >= 15 is 0 Å². The molecule has 0 N–H and O–H groups in total. The largest absolute Gasteiger partial charge is 0.311 e. The van der Waals surface area contributed by atoms with Gasteiger partial charge in [-0.15, -0.1) is 0 Å². The molecule has 5 aromatic carbocycles. The van der Waals surface area contributed by atoms with Crippen LogP contribution in [0.1, 0.15) is 44.9 Å². The van der Waals surface area contributed by atoms with Gasteiger partial charge in [0, 0.05) is 28.7 Å². The van der Waals surface area contributed by atoms with Crippen LogP contribution in [0.15, 0.2) is 140 Å². The summed E-state index contributed by atoms with van der Waals surface area (Å²) >= 11 is 0. The van der Waals surface area contributed by atoms with Gasteiger partial charge in [-0.05, 0) is 141 Å². The average Bonchev–Trinajstić information content (AvgIpc) is 2.97. The molecule has 0 saturated carbocycles. The Balaban J connectivity index is 1.69. The minimum absolute atomic E-state index is 0.182. The molecule has 1 aliphatic carbocycles. The van der Waals surface area contributed by atoms with E-state index in [1.807, 2.05) is 0 Å². The molecule has 0 amide bonds. The van der Waals surface area contributed by atoms with Crippen LogP contribution in [0.4, 0.5) is 22.7 Å². The standard InChI is InChI=1S/C42H42N2/c1-30-12-10-16-38(24-30)43(40-26-32(3)22-33(4)27-40)42(20-18-37(19-21-42)36-14-8-7-9-15-36)44(39-17-11-13-31(2)25-39)41-28-34(5)23-35(6)29-41/h7-29,37H,1-6H3. The van der Waals surface area contributed by atoms with Gasteiger partial charge in [0.05, 0.1) is 0 Å². The molecule has 1 aliphatic rings. The molecule has 44 heavy (non-hydrogen) atoms. The Kier molecular flexibility index (Phi) is 8.01. The number of rotatable bonds is 7. The number of hydrogen-bond acceptors (Lipinski definition) is 2. The fourth-order valence-electron chi connectivity index (χ4n) is 6.72. The van der Waals surface area contributed by atoms with Crippen molar-refractivity contribution >= 4 is 22.7 Å². The second-order valence-electron chi connectivity index (χ2n) is 12.5. The molecular weight excluding hydrogens is 532 g/mol. The number of hydrogen-bond donors (Lipinski definition) is 0. The minimum atomic E-state index is -0.701. The summed E-state index contributed by atoms with van der Waals surface area (Å²) in [6.45, 7) is 13.1. The predicted molar refractivity (Wildman–Crippen MR) is 189 cm³/mol. The van der Waals surface area contributed by atoms with E-state index in [0.717, 1.165) is 22.7 Å². The van der Waals surface area contributed by atoms with E-state index in [0.29, 0.717) is 0 Å². The molecule has 220 valence electrons. The maximum absolute atomic E-state index is 2.52. The van der Waals surface area contributed by atoms with Crippen LogP contribution in [0.3, 0.4) is 0 Å². The van der Waals surface area contributed by atoms with Crippen LogP contribution >= 0.6 is 0 Å². The Labute approximate surface area is 263 Å².